The molecular formula is C18H16N2. The molecule has 0 fully saturated rings. The molecule has 1 heterocycles. The summed E-state index contributed by atoms with van der Waals surface area (Å²) in [4.78, 5) is 4.72. The zero-order valence-corrected chi connectivity index (χ0v) is 11.5. The summed E-state index contributed by atoms with van der Waals surface area (Å²) in [5.41, 5.74) is 2.66. The van der Waals surface area contributed by atoms with Crippen LogP contribution in [0.3, 0.4) is 0 Å². The number of rotatable bonds is 2. The van der Waals surface area contributed by atoms with Crippen LogP contribution in [0.25, 0.3) is 0 Å². The Balaban J connectivity index is 2.00. The van der Waals surface area contributed by atoms with Crippen LogP contribution in [0.2, 0.25) is 0 Å². The first-order valence-corrected chi connectivity index (χ1v) is 6.83. The summed E-state index contributed by atoms with van der Waals surface area (Å²) in [5, 5.41) is 9.56. The van der Waals surface area contributed by atoms with E-state index < -0.39 is 5.54 Å². The maximum Gasteiger partial charge on any atom is 0.151 e. The highest BCUT2D eigenvalue weighted by atomic mass is 14.9. The molecule has 0 unspecified atom stereocenters. The van der Waals surface area contributed by atoms with Gasteiger partial charge in [0.15, 0.2) is 5.54 Å². The number of nitriles is 1. The fraction of sp³-hybridized carbons (Fsp3) is 0.222. The summed E-state index contributed by atoms with van der Waals surface area (Å²) in [5.74, 6) is 0.129. The smallest absolute Gasteiger partial charge is 0.151 e. The maximum absolute atomic E-state index is 9.56. The van der Waals surface area contributed by atoms with Crippen LogP contribution in [0.5, 0.6) is 0 Å². The molecule has 0 amide bonds. The van der Waals surface area contributed by atoms with Crippen LogP contribution in [0.15, 0.2) is 65.7 Å². The Bertz CT molecular complexity index is 668. The fourth-order valence-electron chi connectivity index (χ4n) is 2.84. The first-order valence-electron chi connectivity index (χ1n) is 6.83. The Morgan fingerprint density at radius 1 is 1.05 bits per heavy atom. The van der Waals surface area contributed by atoms with Gasteiger partial charge in [0.25, 0.3) is 0 Å². The van der Waals surface area contributed by atoms with Crippen LogP contribution in [-0.4, -0.2) is 11.3 Å². The highest BCUT2D eigenvalue weighted by Crippen LogP contribution is 2.40. The van der Waals surface area contributed by atoms with E-state index in [0.717, 1.165) is 17.7 Å². The third-order valence-electron chi connectivity index (χ3n) is 3.98. The van der Waals surface area contributed by atoms with Gasteiger partial charge in [0.1, 0.15) is 0 Å². The Morgan fingerprint density at radius 2 is 1.65 bits per heavy atom. The van der Waals surface area contributed by atoms with Gasteiger partial charge in [-0.2, -0.15) is 5.26 Å². The largest absolute Gasteiger partial charge is 0.267 e. The highest BCUT2D eigenvalue weighted by molar-refractivity contribution is 6.03. The lowest BCUT2D eigenvalue weighted by atomic mass is 9.81. The molecule has 0 saturated carbocycles. The van der Waals surface area contributed by atoms with Gasteiger partial charge in [-0.3, -0.25) is 4.99 Å². The average Bonchev–Trinajstić information content (AvgIpc) is 2.88. The Kier molecular flexibility index (Phi) is 3.12. The predicted octanol–water partition coefficient (Wildman–Crippen LogP) is 3.95. The molecule has 0 saturated heterocycles. The van der Waals surface area contributed by atoms with Crippen molar-refractivity contribution in [2.75, 3.05) is 0 Å². The molecule has 2 nitrogen and oxygen atoms in total. The van der Waals surface area contributed by atoms with E-state index >= 15 is 0 Å². The third kappa shape index (κ3) is 2.12. The Labute approximate surface area is 119 Å². The average molecular weight is 260 g/mol. The molecule has 2 aromatic rings. The van der Waals surface area contributed by atoms with Gasteiger partial charge in [-0.05, 0) is 18.1 Å². The fourth-order valence-corrected chi connectivity index (χ4v) is 2.84. The van der Waals surface area contributed by atoms with E-state index in [4.69, 9.17) is 4.99 Å². The van der Waals surface area contributed by atoms with E-state index in [0.29, 0.717) is 0 Å². The molecule has 0 aromatic heterocycles. The van der Waals surface area contributed by atoms with Crippen molar-refractivity contribution in [3.63, 3.8) is 0 Å². The molecule has 3 rings (SSSR count). The molecule has 2 heteroatoms. The minimum atomic E-state index is -0.674. The molecule has 2 aromatic carbocycles. The molecule has 98 valence electrons. The van der Waals surface area contributed by atoms with Crippen molar-refractivity contribution in [3.05, 3.63) is 71.8 Å². The molecule has 0 radical (unpaired) electrons. The lowest BCUT2D eigenvalue weighted by molar-refractivity contribution is 0.518. The van der Waals surface area contributed by atoms with Crippen molar-refractivity contribution in [3.8, 4) is 6.07 Å². The van der Waals surface area contributed by atoms with Crippen LogP contribution >= 0.6 is 0 Å². The molecule has 0 bridgehead atoms. The van der Waals surface area contributed by atoms with E-state index in [2.05, 4.69) is 30.3 Å². The van der Waals surface area contributed by atoms with Crippen LogP contribution in [0.1, 0.15) is 30.4 Å². The van der Waals surface area contributed by atoms with Gasteiger partial charge in [0, 0.05) is 18.1 Å². The zero-order valence-electron chi connectivity index (χ0n) is 11.5. The van der Waals surface area contributed by atoms with Crippen molar-refractivity contribution in [1.29, 1.82) is 5.26 Å². The third-order valence-corrected chi connectivity index (χ3v) is 3.98. The lowest BCUT2D eigenvalue weighted by Crippen LogP contribution is -2.24. The molecular weight excluding hydrogens is 244 g/mol. The van der Waals surface area contributed by atoms with Crippen molar-refractivity contribution < 1.29 is 0 Å². The normalized spacial score (nSPS) is 25.0. The summed E-state index contributed by atoms with van der Waals surface area (Å²) < 4.78 is 0. The van der Waals surface area contributed by atoms with Gasteiger partial charge >= 0.3 is 0 Å². The molecule has 0 aliphatic carbocycles. The monoisotopic (exact) mass is 260 g/mol. The van der Waals surface area contributed by atoms with Crippen LogP contribution in [-0.2, 0) is 0 Å². The summed E-state index contributed by atoms with van der Waals surface area (Å²) in [6.45, 7) is 1.93. The molecule has 2 atom stereocenters. The second-order valence-electron chi connectivity index (χ2n) is 5.35. The second-order valence-corrected chi connectivity index (χ2v) is 5.35. The summed E-state index contributed by atoms with van der Waals surface area (Å²) in [7, 11) is 0. The molecule has 0 N–H and O–H groups in total. The van der Waals surface area contributed by atoms with Crippen LogP contribution in [0.4, 0.5) is 0 Å². The first kappa shape index (κ1) is 12.6. The van der Waals surface area contributed by atoms with E-state index in [1.807, 2.05) is 43.3 Å². The van der Waals surface area contributed by atoms with E-state index in [1.54, 1.807) is 0 Å². The quantitative estimate of drug-likeness (QED) is 0.805. The van der Waals surface area contributed by atoms with E-state index in [-0.39, 0.29) is 5.92 Å². The van der Waals surface area contributed by atoms with Gasteiger partial charge in [0.05, 0.1) is 6.07 Å². The van der Waals surface area contributed by atoms with Gasteiger partial charge in [-0.15, -0.1) is 0 Å². The summed E-state index contributed by atoms with van der Waals surface area (Å²) in [6, 6.07) is 22.8. The molecule has 1 aliphatic heterocycles. The van der Waals surface area contributed by atoms with Crippen molar-refractivity contribution in [2.45, 2.75) is 24.8 Å². The van der Waals surface area contributed by atoms with Gasteiger partial charge in [-0.1, -0.05) is 60.7 Å². The van der Waals surface area contributed by atoms with Gasteiger partial charge < -0.3 is 0 Å². The molecule has 0 spiro atoms. The zero-order chi connectivity index (χ0) is 14.0. The topological polar surface area (TPSA) is 36.1 Å². The standard InChI is InChI=1S/C18H16N2/c1-18(13-19)16(14-8-4-2-5-9-14)12-17(20-18)15-10-6-3-7-11-15/h2-11,16H,12H2,1H3/t16-,18-/m0/s1. The number of hydrogen-bond acceptors (Lipinski definition) is 2. The van der Waals surface area contributed by atoms with E-state index in [1.165, 1.54) is 5.56 Å². The number of nitrogens with zero attached hydrogens (tertiary/aromatic N) is 2. The van der Waals surface area contributed by atoms with Crippen LogP contribution < -0.4 is 0 Å². The SMILES string of the molecule is C[C@@]1(C#N)N=C(c2ccccc2)C[C@H]1c1ccccc1. The Hall–Kier alpha value is -2.40. The number of hydrogen-bond donors (Lipinski definition) is 0. The Morgan fingerprint density at radius 3 is 2.25 bits per heavy atom. The highest BCUT2D eigenvalue weighted by Gasteiger charge is 2.41. The van der Waals surface area contributed by atoms with Crippen molar-refractivity contribution in [2.24, 2.45) is 4.99 Å². The predicted molar refractivity (Wildman–Crippen MR) is 80.8 cm³/mol. The summed E-state index contributed by atoms with van der Waals surface area (Å²) in [6.07, 6.45) is 0.818. The van der Waals surface area contributed by atoms with Crippen molar-refractivity contribution >= 4 is 5.71 Å². The number of aliphatic imine (C=N–C) groups is 1. The van der Waals surface area contributed by atoms with E-state index in [9.17, 15) is 5.26 Å². The van der Waals surface area contributed by atoms with Crippen molar-refractivity contribution in [1.82, 2.24) is 0 Å². The lowest BCUT2D eigenvalue weighted by Gasteiger charge is -2.21. The maximum atomic E-state index is 9.56. The van der Waals surface area contributed by atoms with Gasteiger partial charge in [-0.25, -0.2) is 0 Å². The second kappa shape index (κ2) is 4.94. The van der Waals surface area contributed by atoms with Crippen LogP contribution in [0, 0.1) is 11.3 Å². The number of benzene rings is 2. The summed E-state index contributed by atoms with van der Waals surface area (Å²) >= 11 is 0. The minimum absolute atomic E-state index is 0.129. The molecule has 1 aliphatic rings. The first-order chi connectivity index (χ1) is 9.73. The molecule has 20 heavy (non-hydrogen) atoms. The minimum Gasteiger partial charge on any atom is -0.267 e. The van der Waals surface area contributed by atoms with Gasteiger partial charge in [0.2, 0.25) is 0 Å².